The Morgan fingerprint density at radius 1 is 0.917 bits per heavy atom. The minimum absolute atomic E-state index is 0.438. The van der Waals surface area contributed by atoms with Crippen molar-refractivity contribution >= 4 is 9.63 Å². The van der Waals surface area contributed by atoms with Gasteiger partial charge in [-0.25, -0.2) is 4.21 Å². The molecule has 12 heavy (non-hydrogen) atoms. The zero-order valence-corrected chi connectivity index (χ0v) is 9.28. The molecule has 0 heterocycles. The van der Waals surface area contributed by atoms with E-state index in [1.807, 2.05) is 27.7 Å². The van der Waals surface area contributed by atoms with Gasteiger partial charge in [-0.05, 0) is 13.8 Å². The summed E-state index contributed by atoms with van der Waals surface area (Å²) < 4.78 is 22.9. The maximum Gasteiger partial charge on any atom is 0.0867 e. The van der Waals surface area contributed by atoms with Gasteiger partial charge in [0.05, 0.1) is 22.8 Å². The summed E-state index contributed by atoms with van der Waals surface area (Å²) in [6.07, 6.45) is 0. The van der Waals surface area contributed by atoms with Gasteiger partial charge in [0.2, 0.25) is 0 Å². The smallest absolute Gasteiger partial charge is 0.0867 e. The molecule has 4 heteroatoms. The second-order valence-corrected chi connectivity index (χ2v) is 6.36. The lowest BCUT2D eigenvalue weighted by atomic mass is 10.9. The van der Waals surface area contributed by atoms with E-state index in [-0.39, 0.29) is 0 Å². The summed E-state index contributed by atoms with van der Waals surface area (Å²) in [5.74, 6) is 0.880. The van der Waals surface area contributed by atoms with Crippen LogP contribution in [0.4, 0.5) is 0 Å². The highest BCUT2D eigenvalue weighted by molar-refractivity contribution is 8.11. The molecule has 0 unspecified atom stereocenters. The molecule has 0 rings (SSSR count). The molecular weight excluding hydrogens is 176 g/mol. The third-order valence-electron chi connectivity index (χ3n) is 1.88. The molecular formula is C8H20O3S. The van der Waals surface area contributed by atoms with E-state index in [1.165, 1.54) is 0 Å². The van der Waals surface area contributed by atoms with Crippen LogP contribution in [0.25, 0.3) is 0 Å². The summed E-state index contributed by atoms with van der Waals surface area (Å²) in [6, 6.07) is 0. The van der Waals surface area contributed by atoms with Crippen molar-refractivity contribution in [2.24, 2.45) is 0 Å². The lowest BCUT2D eigenvalue weighted by Gasteiger charge is -2.39. The normalized spacial score (nSPS) is 15.5. The summed E-state index contributed by atoms with van der Waals surface area (Å²) in [5.41, 5.74) is 0. The Labute approximate surface area is 75.2 Å². The maximum atomic E-state index is 12.3. The van der Waals surface area contributed by atoms with Crippen molar-refractivity contribution in [3.05, 3.63) is 0 Å². The molecule has 3 nitrogen and oxygen atoms in total. The first kappa shape index (κ1) is 12.1. The Kier molecular flexibility index (Phi) is 4.37. The van der Waals surface area contributed by atoms with Crippen LogP contribution >= 0.6 is 0 Å². The van der Waals surface area contributed by atoms with Gasteiger partial charge in [-0.1, -0.05) is 13.8 Å². The van der Waals surface area contributed by atoms with Gasteiger partial charge in [0.15, 0.2) is 0 Å². The molecule has 0 bridgehead atoms. The fourth-order valence-electron chi connectivity index (χ4n) is 1.10. The number of rotatable bonds is 6. The minimum Gasteiger partial charge on any atom is -0.292 e. The molecule has 0 aliphatic carbocycles. The van der Waals surface area contributed by atoms with Crippen molar-refractivity contribution in [2.45, 2.75) is 27.7 Å². The third kappa shape index (κ3) is 2.54. The van der Waals surface area contributed by atoms with E-state index >= 15 is 0 Å². The molecule has 0 amide bonds. The summed E-state index contributed by atoms with van der Waals surface area (Å²) in [5, 5.41) is 0. The Bertz CT molecular complexity index is 169. The molecule has 0 saturated heterocycles. The molecule has 0 aliphatic rings. The number of hydrogen-bond acceptors (Lipinski definition) is 3. The fraction of sp³-hybridized carbons (Fsp3) is 1.00. The highest BCUT2D eigenvalue weighted by Crippen LogP contribution is 2.28. The van der Waals surface area contributed by atoms with Crippen LogP contribution in [0.5, 0.6) is 0 Å². The molecule has 0 N–H and O–H groups in total. The van der Waals surface area contributed by atoms with Crippen LogP contribution in [0, 0.1) is 0 Å². The van der Waals surface area contributed by atoms with Crippen LogP contribution in [-0.4, -0.2) is 28.9 Å². The first-order chi connectivity index (χ1) is 5.54. The van der Waals surface area contributed by atoms with E-state index < -0.39 is 9.63 Å². The lowest BCUT2D eigenvalue weighted by Crippen LogP contribution is -2.43. The van der Waals surface area contributed by atoms with E-state index in [0.717, 1.165) is 0 Å². The third-order valence-corrected chi connectivity index (χ3v) is 5.63. The molecule has 0 fully saturated rings. The van der Waals surface area contributed by atoms with Gasteiger partial charge in [0.25, 0.3) is 0 Å². The second kappa shape index (κ2) is 4.35. The van der Waals surface area contributed by atoms with Gasteiger partial charge >= 0.3 is 0 Å². The molecule has 0 spiro atoms. The van der Waals surface area contributed by atoms with E-state index in [4.69, 9.17) is 8.37 Å². The standard InChI is InChI=1S/C8H20O3S/c1-5-10-12(9,7-3,8-4)11-6-2/h5-8H2,1-4H3. The topological polar surface area (TPSA) is 35.5 Å². The van der Waals surface area contributed by atoms with Crippen LogP contribution < -0.4 is 0 Å². The average Bonchev–Trinajstić information content (AvgIpc) is 2.06. The predicted octanol–water partition coefficient (Wildman–Crippen LogP) is 1.75. The summed E-state index contributed by atoms with van der Waals surface area (Å²) >= 11 is 0. The molecule has 76 valence electrons. The van der Waals surface area contributed by atoms with Gasteiger partial charge in [0, 0.05) is 11.5 Å². The summed E-state index contributed by atoms with van der Waals surface area (Å²) in [6.45, 7) is 8.21. The Morgan fingerprint density at radius 2 is 1.25 bits per heavy atom. The Hall–Kier alpha value is 0.0700. The van der Waals surface area contributed by atoms with Crippen molar-refractivity contribution in [3.63, 3.8) is 0 Å². The fourth-order valence-corrected chi connectivity index (χ4v) is 3.29. The Balaban J connectivity index is 4.63. The highest BCUT2D eigenvalue weighted by Gasteiger charge is 2.33. The van der Waals surface area contributed by atoms with Crippen LogP contribution in [0.2, 0.25) is 0 Å². The summed E-state index contributed by atoms with van der Waals surface area (Å²) in [7, 11) is -3.21. The quantitative estimate of drug-likeness (QED) is 0.649. The van der Waals surface area contributed by atoms with Crippen LogP contribution in [0.3, 0.4) is 0 Å². The van der Waals surface area contributed by atoms with E-state index in [0.29, 0.717) is 24.7 Å². The van der Waals surface area contributed by atoms with E-state index in [9.17, 15) is 4.21 Å². The minimum atomic E-state index is -3.21. The van der Waals surface area contributed by atoms with Gasteiger partial charge in [0.1, 0.15) is 0 Å². The first-order valence-corrected chi connectivity index (χ1v) is 6.64. The SMILES string of the molecule is CCOS(=O)(CC)(CC)OCC. The van der Waals surface area contributed by atoms with Crippen molar-refractivity contribution in [2.75, 3.05) is 24.7 Å². The molecule has 0 radical (unpaired) electrons. The zero-order chi connectivity index (χ0) is 9.69. The van der Waals surface area contributed by atoms with Gasteiger partial charge in [-0.2, -0.15) is 0 Å². The van der Waals surface area contributed by atoms with Crippen LogP contribution in [0.1, 0.15) is 27.7 Å². The maximum absolute atomic E-state index is 12.3. The molecule has 0 aromatic heterocycles. The van der Waals surface area contributed by atoms with Crippen LogP contribution in [0.15, 0.2) is 0 Å². The van der Waals surface area contributed by atoms with Crippen molar-refractivity contribution < 1.29 is 12.6 Å². The monoisotopic (exact) mass is 196 g/mol. The molecule has 0 atom stereocenters. The molecule has 0 aromatic rings. The van der Waals surface area contributed by atoms with Crippen molar-refractivity contribution in [1.82, 2.24) is 0 Å². The predicted molar refractivity (Wildman–Crippen MR) is 52.5 cm³/mol. The van der Waals surface area contributed by atoms with Gasteiger partial charge < -0.3 is 0 Å². The summed E-state index contributed by atoms with van der Waals surface area (Å²) in [4.78, 5) is 0. The Morgan fingerprint density at radius 3 is 1.42 bits per heavy atom. The second-order valence-electron chi connectivity index (χ2n) is 2.51. The largest absolute Gasteiger partial charge is 0.292 e. The van der Waals surface area contributed by atoms with Gasteiger partial charge in [-0.3, -0.25) is 8.37 Å². The van der Waals surface area contributed by atoms with Crippen molar-refractivity contribution in [3.8, 4) is 0 Å². The zero-order valence-electron chi connectivity index (χ0n) is 8.46. The highest BCUT2D eigenvalue weighted by atomic mass is 32.3. The average molecular weight is 196 g/mol. The molecule has 0 saturated carbocycles. The lowest BCUT2D eigenvalue weighted by molar-refractivity contribution is 0.228. The van der Waals surface area contributed by atoms with E-state index in [2.05, 4.69) is 0 Å². The first-order valence-electron chi connectivity index (χ1n) is 4.48. The molecule has 0 aromatic carbocycles. The number of hydrogen-bond donors (Lipinski definition) is 0. The van der Waals surface area contributed by atoms with Gasteiger partial charge in [-0.15, -0.1) is 0 Å². The van der Waals surface area contributed by atoms with E-state index in [1.54, 1.807) is 0 Å². The molecule has 0 aliphatic heterocycles. The van der Waals surface area contributed by atoms with Crippen LogP contribution in [-0.2, 0) is 18.0 Å². The van der Waals surface area contributed by atoms with Crippen molar-refractivity contribution in [1.29, 1.82) is 0 Å².